The molecule has 2 fully saturated rings. The molecular formula is C13H21NO3S2. The number of nitrogens with one attached hydrogen (secondary N) is 1. The lowest BCUT2D eigenvalue weighted by molar-refractivity contribution is -0.151. The lowest BCUT2D eigenvalue weighted by Crippen LogP contribution is -2.39. The summed E-state index contributed by atoms with van der Waals surface area (Å²) in [5, 5.41) is 12.7. The van der Waals surface area contributed by atoms with Gasteiger partial charge in [0, 0.05) is 35.5 Å². The molecule has 0 bridgehead atoms. The van der Waals surface area contributed by atoms with E-state index in [1.165, 1.54) is 5.75 Å². The van der Waals surface area contributed by atoms with Gasteiger partial charge in [-0.15, -0.1) is 0 Å². The Morgan fingerprint density at radius 2 is 2.00 bits per heavy atom. The van der Waals surface area contributed by atoms with E-state index < -0.39 is 11.4 Å². The molecule has 2 aliphatic rings. The molecule has 0 spiro atoms. The van der Waals surface area contributed by atoms with Gasteiger partial charge in [-0.1, -0.05) is 12.8 Å². The number of carbonyl (C=O) groups is 2. The molecule has 1 unspecified atom stereocenters. The summed E-state index contributed by atoms with van der Waals surface area (Å²) >= 11 is 3.83. The van der Waals surface area contributed by atoms with Crippen LogP contribution < -0.4 is 5.32 Å². The molecular weight excluding hydrogens is 282 g/mol. The lowest BCUT2D eigenvalue weighted by Gasteiger charge is -2.25. The third-order valence-corrected chi connectivity index (χ3v) is 6.77. The topological polar surface area (TPSA) is 66.4 Å². The smallest absolute Gasteiger partial charge is 0.310 e. The predicted molar refractivity (Wildman–Crippen MR) is 79.7 cm³/mol. The fourth-order valence-corrected chi connectivity index (χ4v) is 5.38. The normalized spacial score (nSPS) is 26.0. The number of hydrogen-bond acceptors (Lipinski definition) is 4. The van der Waals surface area contributed by atoms with Gasteiger partial charge in [0.05, 0.1) is 5.41 Å². The summed E-state index contributed by atoms with van der Waals surface area (Å²) in [6.07, 6.45) is 3.28. The van der Waals surface area contributed by atoms with E-state index in [0.29, 0.717) is 24.6 Å². The first-order valence-electron chi connectivity index (χ1n) is 6.82. The Labute approximate surface area is 122 Å². The van der Waals surface area contributed by atoms with Gasteiger partial charge in [0.25, 0.3) is 0 Å². The van der Waals surface area contributed by atoms with Crippen LogP contribution in [0, 0.1) is 5.41 Å². The largest absolute Gasteiger partial charge is 0.481 e. The minimum Gasteiger partial charge on any atom is -0.481 e. The molecule has 0 aromatic heterocycles. The third-order valence-electron chi connectivity index (χ3n) is 3.93. The van der Waals surface area contributed by atoms with Crippen molar-refractivity contribution in [3.05, 3.63) is 0 Å². The van der Waals surface area contributed by atoms with Crippen molar-refractivity contribution in [1.29, 1.82) is 0 Å². The van der Waals surface area contributed by atoms with Crippen LogP contribution >= 0.6 is 23.5 Å². The Kier molecular flexibility index (Phi) is 5.45. The van der Waals surface area contributed by atoms with Crippen molar-refractivity contribution in [2.75, 3.05) is 23.8 Å². The highest BCUT2D eigenvalue weighted by atomic mass is 32.2. The van der Waals surface area contributed by atoms with Gasteiger partial charge in [-0.3, -0.25) is 9.59 Å². The fraction of sp³-hybridized carbons (Fsp3) is 0.846. The molecule has 6 heteroatoms. The summed E-state index contributed by atoms with van der Waals surface area (Å²) in [7, 11) is 0. The SMILES string of the molecule is O=C(CC1(C(=O)O)CCCC1)NCC1CSCCS1. The molecule has 2 N–H and O–H groups in total. The van der Waals surface area contributed by atoms with Crippen LogP contribution in [0.5, 0.6) is 0 Å². The summed E-state index contributed by atoms with van der Waals surface area (Å²) in [4.78, 5) is 23.3. The third kappa shape index (κ3) is 4.05. The molecule has 1 saturated heterocycles. The van der Waals surface area contributed by atoms with Crippen LogP contribution in [-0.2, 0) is 9.59 Å². The highest BCUT2D eigenvalue weighted by molar-refractivity contribution is 8.06. The van der Waals surface area contributed by atoms with Crippen molar-refractivity contribution in [1.82, 2.24) is 5.32 Å². The van der Waals surface area contributed by atoms with Gasteiger partial charge in [-0.2, -0.15) is 23.5 Å². The minimum atomic E-state index is -0.803. The first-order chi connectivity index (χ1) is 9.12. The van der Waals surface area contributed by atoms with E-state index in [2.05, 4.69) is 5.32 Å². The van der Waals surface area contributed by atoms with E-state index in [4.69, 9.17) is 0 Å². The first-order valence-corrected chi connectivity index (χ1v) is 9.02. The number of aliphatic carboxylic acids is 1. The van der Waals surface area contributed by atoms with Gasteiger partial charge in [0.2, 0.25) is 5.91 Å². The Morgan fingerprint density at radius 3 is 2.58 bits per heavy atom. The average Bonchev–Trinajstić information content (AvgIpc) is 2.87. The van der Waals surface area contributed by atoms with Gasteiger partial charge >= 0.3 is 5.97 Å². The number of hydrogen-bond donors (Lipinski definition) is 2. The Hall–Kier alpha value is -0.360. The summed E-state index contributed by atoms with van der Waals surface area (Å²) in [5.74, 6) is 2.51. The molecule has 1 aliphatic heterocycles. The van der Waals surface area contributed by atoms with E-state index >= 15 is 0 Å². The van der Waals surface area contributed by atoms with Gasteiger partial charge in [0.1, 0.15) is 0 Å². The molecule has 1 amide bonds. The van der Waals surface area contributed by atoms with Gasteiger partial charge in [-0.25, -0.2) is 0 Å². The molecule has 1 saturated carbocycles. The van der Waals surface area contributed by atoms with Crippen molar-refractivity contribution in [3.63, 3.8) is 0 Å². The molecule has 1 atom stereocenters. The van der Waals surface area contributed by atoms with Gasteiger partial charge < -0.3 is 10.4 Å². The highest BCUT2D eigenvalue weighted by Gasteiger charge is 2.42. The molecule has 19 heavy (non-hydrogen) atoms. The summed E-state index contributed by atoms with van der Waals surface area (Å²) in [6.45, 7) is 0.673. The van der Waals surface area contributed by atoms with E-state index in [1.807, 2.05) is 23.5 Å². The molecule has 0 aromatic carbocycles. The Morgan fingerprint density at radius 1 is 1.26 bits per heavy atom. The summed E-state index contributed by atoms with van der Waals surface area (Å²) < 4.78 is 0. The van der Waals surface area contributed by atoms with E-state index in [9.17, 15) is 14.7 Å². The van der Waals surface area contributed by atoms with Crippen LogP contribution in [0.3, 0.4) is 0 Å². The number of carboxylic acids is 1. The maximum absolute atomic E-state index is 12.0. The van der Waals surface area contributed by atoms with Crippen molar-refractivity contribution < 1.29 is 14.7 Å². The van der Waals surface area contributed by atoms with Gasteiger partial charge in [-0.05, 0) is 12.8 Å². The van der Waals surface area contributed by atoms with Crippen LogP contribution in [0.25, 0.3) is 0 Å². The van der Waals surface area contributed by atoms with Crippen LogP contribution in [0.1, 0.15) is 32.1 Å². The number of carboxylic acid groups (broad SMARTS) is 1. The van der Waals surface area contributed by atoms with Crippen LogP contribution in [-0.4, -0.2) is 46.0 Å². The Bertz CT molecular complexity index is 337. The first kappa shape index (κ1) is 15.0. The van der Waals surface area contributed by atoms with Crippen molar-refractivity contribution in [2.24, 2.45) is 5.41 Å². The molecule has 0 aromatic rings. The zero-order chi connectivity index (χ0) is 13.7. The molecule has 0 radical (unpaired) electrons. The maximum Gasteiger partial charge on any atom is 0.310 e. The monoisotopic (exact) mass is 303 g/mol. The number of amides is 1. The molecule has 4 nitrogen and oxygen atoms in total. The predicted octanol–water partition coefficient (Wildman–Crippen LogP) is 1.99. The van der Waals surface area contributed by atoms with Crippen molar-refractivity contribution in [3.8, 4) is 0 Å². The van der Waals surface area contributed by atoms with E-state index in [0.717, 1.165) is 24.3 Å². The Balaban J connectivity index is 1.78. The maximum atomic E-state index is 12.0. The van der Waals surface area contributed by atoms with E-state index in [1.54, 1.807) is 0 Å². The molecule has 1 heterocycles. The van der Waals surface area contributed by atoms with Crippen molar-refractivity contribution >= 4 is 35.4 Å². The highest BCUT2D eigenvalue weighted by Crippen LogP contribution is 2.41. The van der Waals surface area contributed by atoms with Crippen LogP contribution in [0.2, 0.25) is 0 Å². The molecule has 1 aliphatic carbocycles. The zero-order valence-corrected chi connectivity index (χ0v) is 12.7. The lowest BCUT2D eigenvalue weighted by atomic mass is 9.82. The molecule has 108 valence electrons. The van der Waals surface area contributed by atoms with Crippen LogP contribution in [0.15, 0.2) is 0 Å². The number of thioether (sulfide) groups is 2. The number of rotatable bonds is 5. The number of carbonyl (C=O) groups excluding carboxylic acids is 1. The average molecular weight is 303 g/mol. The van der Waals surface area contributed by atoms with Gasteiger partial charge in [0.15, 0.2) is 0 Å². The van der Waals surface area contributed by atoms with Crippen molar-refractivity contribution in [2.45, 2.75) is 37.4 Å². The summed E-state index contributed by atoms with van der Waals surface area (Å²) in [5.41, 5.74) is -0.793. The summed E-state index contributed by atoms with van der Waals surface area (Å²) in [6, 6.07) is 0. The fourth-order valence-electron chi connectivity index (χ4n) is 2.77. The van der Waals surface area contributed by atoms with Crippen LogP contribution in [0.4, 0.5) is 0 Å². The second-order valence-electron chi connectivity index (χ2n) is 5.34. The standard InChI is InChI=1S/C13H21NO3S2/c15-11(14-8-10-9-18-5-6-19-10)7-13(12(16)17)3-1-2-4-13/h10H,1-9H2,(H,14,15)(H,16,17). The van der Waals surface area contributed by atoms with E-state index in [-0.39, 0.29) is 12.3 Å². The zero-order valence-electron chi connectivity index (χ0n) is 11.0. The molecule has 2 rings (SSSR count). The second kappa shape index (κ2) is 6.88. The second-order valence-corrected chi connectivity index (χ2v) is 7.90. The quantitative estimate of drug-likeness (QED) is 0.813. The minimum absolute atomic E-state index is 0.0968.